The SMILES string of the molecule is [2H]c1cccc2c1C(C([2H])([2H])[2H])(C([2H])([2H])[2H])c1c([2H])c(N(c3ccc(-c4c([2H])c([2H])c5c([2H])c([2H])c([2H])c([2H])c5c4-c4c([2H])c([2H])c(-c5ccccc5)c([2H])c4[2H])c([2H])c3[2H])c3c([2H])c([2H])c(-c4c([2H])c([2H])c([2H])c([2H])c4[2H])c([2H])c3[2H])c([2H])c([2H])c1-2. The van der Waals surface area contributed by atoms with Gasteiger partial charge in [0.15, 0.2) is 0 Å². The van der Waals surface area contributed by atoms with Gasteiger partial charge in [0, 0.05) is 30.7 Å². The van der Waals surface area contributed by atoms with E-state index < -0.39 is 248 Å². The topological polar surface area (TPSA) is 3.24 Å². The second-order valence-corrected chi connectivity index (χ2v) is 12.5. The molecule has 1 heteroatoms. The Kier molecular flexibility index (Phi) is 3.50. The third-order valence-corrected chi connectivity index (χ3v) is 9.16. The fourth-order valence-electron chi connectivity index (χ4n) is 6.54. The van der Waals surface area contributed by atoms with Crippen LogP contribution in [0.1, 0.15) is 67.3 Å². The van der Waals surface area contributed by atoms with Crippen molar-refractivity contribution in [3.8, 4) is 55.6 Å². The van der Waals surface area contributed by atoms with E-state index in [2.05, 4.69) is 0 Å². The van der Waals surface area contributed by atoms with Crippen LogP contribution in [0.3, 0.4) is 0 Å². The average molecular weight is 747 g/mol. The zero-order valence-corrected chi connectivity index (χ0v) is 28.7. The fraction of sp³-hybridized carbons (Fsp3) is 0.0545. The van der Waals surface area contributed by atoms with Gasteiger partial charge in [-0.2, -0.15) is 0 Å². The summed E-state index contributed by atoms with van der Waals surface area (Å²) in [5, 5.41) is -1.24. The van der Waals surface area contributed by atoms with E-state index in [0.29, 0.717) is 4.90 Å². The van der Waals surface area contributed by atoms with E-state index in [4.69, 9.17) is 20.6 Å². The molecule has 0 heterocycles. The van der Waals surface area contributed by atoms with Crippen molar-refractivity contribution in [3.63, 3.8) is 0 Å². The molecule has 0 aromatic heterocycles. The highest BCUT2D eigenvalue weighted by Crippen LogP contribution is 2.51. The number of hydrogen-bond donors (Lipinski definition) is 0. The first-order valence-electron chi connectivity index (χ1n) is 32.5. The van der Waals surface area contributed by atoms with Crippen LogP contribution in [0.4, 0.5) is 17.1 Å². The Morgan fingerprint density at radius 1 is 0.411 bits per heavy atom. The van der Waals surface area contributed by atoms with Gasteiger partial charge in [-0.05, 0) is 114 Å². The molecule has 9 aromatic rings. The standard InChI is InChI=1S/C55H41N/c1-55(2)52-20-12-11-19-50(52)51-36-34-47(37-53(51)55)56(45-30-25-41(26-31-45)39-15-7-4-8-16-39)46-32-27-43(28-33-46)49-35-29-42-17-9-10-18-48(42)54(49)44-23-21-40(22-24-44)38-13-5-3-6-14-38/h3-37H,1-2H3/i1D3,2D3,4D,7D,8D,9D,10D,15D,16D,17D,18D,20D,21D,22D,23D,24D,25D,26D,27D,29D,30D,31D,32D,34D,35D,36D,37D. The Morgan fingerprint density at radius 3 is 1.88 bits per heavy atom. The number of fused-ring (bicyclic) bond motifs is 4. The average Bonchev–Trinajstić information content (AvgIpc) is 1.56. The molecule has 56 heavy (non-hydrogen) atoms. The van der Waals surface area contributed by atoms with Crippen LogP contribution in [0.25, 0.3) is 66.4 Å². The molecular weight excluding hydrogens is 675 g/mol. The number of benzene rings is 9. The zero-order valence-electron chi connectivity index (χ0n) is 59.7. The summed E-state index contributed by atoms with van der Waals surface area (Å²) in [7, 11) is 0. The second-order valence-electron chi connectivity index (χ2n) is 12.5. The fourth-order valence-corrected chi connectivity index (χ4v) is 6.54. The molecule has 0 N–H and O–H groups in total. The summed E-state index contributed by atoms with van der Waals surface area (Å²) in [4.78, 5) is 0.466. The van der Waals surface area contributed by atoms with Crippen LogP contribution in [0.2, 0.25) is 0 Å². The van der Waals surface area contributed by atoms with E-state index in [-0.39, 0.29) is 16.7 Å². The van der Waals surface area contributed by atoms with Crippen LogP contribution in [-0.2, 0) is 5.41 Å². The lowest BCUT2D eigenvalue weighted by molar-refractivity contribution is 0.660. The summed E-state index contributed by atoms with van der Waals surface area (Å²) in [6.07, 6.45) is 0. The Labute approximate surface area is 373 Å². The molecule has 0 radical (unpaired) electrons. The van der Waals surface area contributed by atoms with Crippen LogP contribution < -0.4 is 4.90 Å². The zero-order chi connectivity index (χ0) is 64.4. The Morgan fingerprint density at radius 2 is 1.05 bits per heavy atom. The lowest BCUT2D eigenvalue weighted by Crippen LogP contribution is -2.16. The van der Waals surface area contributed by atoms with Crippen molar-refractivity contribution in [3.05, 3.63) is 223 Å². The predicted octanol–water partition coefficient (Wildman–Crippen LogP) is 15.3. The van der Waals surface area contributed by atoms with Crippen LogP contribution >= 0.6 is 0 Å². The van der Waals surface area contributed by atoms with Gasteiger partial charge in [-0.15, -0.1) is 0 Å². The van der Waals surface area contributed by atoms with Gasteiger partial charge >= 0.3 is 0 Å². The molecule has 9 aromatic carbocycles. The van der Waals surface area contributed by atoms with Gasteiger partial charge in [-0.25, -0.2) is 0 Å². The van der Waals surface area contributed by atoms with Crippen molar-refractivity contribution < 1.29 is 42.5 Å². The predicted molar refractivity (Wildman–Crippen MR) is 238 cm³/mol. The first-order valence-corrected chi connectivity index (χ1v) is 17.0. The molecule has 0 spiro atoms. The highest BCUT2D eigenvalue weighted by Gasteiger charge is 2.35. The van der Waals surface area contributed by atoms with Gasteiger partial charge in [-0.1, -0.05) is 189 Å². The summed E-state index contributed by atoms with van der Waals surface area (Å²) >= 11 is 0. The number of nitrogens with zero attached hydrogens (tertiary/aromatic N) is 1. The van der Waals surface area contributed by atoms with Gasteiger partial charge in [-0.3, -0.25) is 0 Å². The molecule has 1 nitrogen and oxygen atoms in total. The van der Waals surface area contributed by atoms with Crippen molar-refractivity contribution in [1.82, 2.24) is 0 Å². The maximum Gasteiger partial charge on any atom is 0.0648 e. The minimum absolute atomic E-state index is 0.205. The van der Waals surface area contributed by atoms with E-state index in [9.17, 15) is 21.9 Å². The summed E-state index contributed by atoms with van der Waals surface area (Å²) in [5.74, 6) is 0. The summed E-state index contributed by atoms with van der Waals surface area (Å²) in [6, 6.07) is -11.1. The highest BCUT2D eigenvalue weighted by molar-refractivity contribution is 6.04. The first-order chi connectivity index (χ1) is 40.5. The molecule has 1 aliphatic carbocycles. The largest absolute Gasteiger partial charge is 0.310 e. The summed E-state index contributed by atoms with van der Waals surface area (Å²) in [6.45, 7) is -7.50. The highest BCUT2D eigenvalue weighted by atomic mass is 15.1. The van der Waals surface area contributed by atoms with Crippen molar-refractivity contribution in [2.24, 2.45) is 0 Å². The summed E-state index contributed by atoms with van der Waals surface area (Å²) in [5.41, 5.74) is -13.4. The molecule has 0 atom stereocenters. The normalized spacial score (nSPS) is 20.9. The van der Waals surface area contributed by atoms with Crippen molar-refractivity contribution in [2.45, 2.75) is 19.1 Å². The van der Waals surface area contributed by atoms with Gasteiger partial charge in [0.1, 0.15) is 0 Å². The first kappa shape index (κ1) is 14.3. The van der Waals surface area contributed by atoms with Gasteiger partial charge in [0.2, 0.25) is 0 Å². The molecule has 10 rings (SSSR count). The van der Waals surface area contributed by atoms with Crippen molar-refractivity contribution in [2.75, 3.05) is 4.90 Å². The van der Waals surface area contributed by atoms with Crippen LogP contribution in [0.5, 0.6) is 0 Å². The third kappa shape index (κ3) is 5.81. The second kappa shape index (κ2) is 13.7. The molecule has 0 aliphatic heterocycles. The lowest BCUT2D eigenvalue weighted by atomic mass is 9.82. The number of rotatable bonds is 7. The minimum atomic E-state index is -3.75. The quantitative estimate of drug-likeness (QED) is 0.157. The van der Waals surface area contributed by atoms with Gasteiger partial charge in [0.05, 0.1) is 34.3 Å². The molecule has 0 saturated heterocycles. The number of hydrogen-bond acceptors (Lipinski definition) is 1. The Bertz CT molecular complexity index is 4450. The molecular formula is C55H41N. The Hall–Kier alpha value is -6.96. The maximum absolute atomic E-state index is 10.1. The lowest BCUT2D eigenvalue weighted by Gasteiger charge is -2.28. The van der Waals surface area contributed by atoms with E-state index in [0.717, 1.165) is 18.2 Å². The Balaban J connectivity index is 1.38. The van der Waals surface area contributed by atoms with E-state index in [1.807, 2.05) is 0 Å². The molecule has 0 unspecified atom stereocenters. The van der Waals surface area contributed by atoms with E-state index >= 15 is 0 Å². The molecule has 1 aliphatic rings. The smallest absolute Gasteiger partial charge is 0.0648 e. The minimum Gasteiger partial charge on any atom is -0.310 e. The van der Waals surface area contributed by atoms with Gasteiger partial charge < -0.3 is 4.90 Å². The molecule has 0 fully saturated rings. The van der Waals surface area contributed by atoms with Crippen molar-refractivity contribution in [1.29, 1.82) is 0 Å². The third-order valence-electron chi connectivity index (χ3n) is 9.16. The van der Waals surface area contributed by atoms with Crippen molar-refractivity contribution >= 4 is 27.8 Å². The van der Waals surface area contributed by atoms with E-state index in [1.165, 1.54) is 24.3 Å². The molecule has 0 bridgehead atoms. The summed E-state index contributed by atoms with van der Waals surface area (Å²) < 4.78 is 284. The van der Waals surface area contributed by atoms with Crippen LogP contribution in [0.15, 0.2) is 212 Å². The van der Waals surface area contributed by atoms with Crippen LogP contribution in [-0.4, -0.2) is 0 Å². The van der Waals surface area contributed by atoms with Gasteiger partial charge in [0.25, 0.3) is 0 Å². The maximum atomic E-state index is 10.1. The van der Waals surface area contributed by atoms with Crippen LogP contribution in [0, 0.1) is 0 Å². The monoisotopic (exact) mass is 747 g/mol. The number of anilines is 3. The molecule has 266 valence electrons. The molecule has 0 amide bonds. The van der Waals surface area contributed by atoms with E-state index in [1.54, 1.807) is 18.2 Å². The molecule has 0 saturated carbocycles.